The zero-order chi connectivity index (χ0) is 12.3. The summed E-state index contributed by atoms with van der Waals surface area (Å²) < 4.78 is 0. The zero-order valence-electron chi connectivity index (χ0n) is 10.6. The van der Waals surface area contributed by atoms with Crippen LogP contribution >= 0.6 is 11.6 Å². The van der Waals surface area contributed by atoms with Crippen LogP contribution in [0.1, 0.15) is 13.3 Å². The molecule has 0 radical (unpaired) electrons. The quantitative estimate of drug-likeness (QED) is 0.836. The van der Waals surface area contributed by atoms with E-state index in [4.69, 9.17) is 11.6 Å². The van der Waals surface area contributed by atoms with Crippen molar-refractivity contribution in [1.29, 1.82) is 0 Å². The van der Waals surface area contributed by atoms with Gasteiger partial charge in [-0.2, -0.15) is 0 Å². The van der Waals surface area contributed by atoms with Gasteiger partial charge in [0.2, 0.25) is 0 Å². The predicted octanol–water partition coefficient (Wildman–Crippen LogP) is 3.34. The summed E-state index contributed by atoms with van der Waals surface area (Å²) in [5.74, 6) is 1.89. The first-order chi connectivity index (χ1) is 8.15. The Morgan fingerprint density at radius 1 is 1.35 bits per heavy atom. The molecule has 1 aliphatic rings. The summed E-state index contributed by atoms with van der Waals surface area (Å²) in [4.78, 5) is 2.41. The minimum Gasteiger partial charge on any atom is -0.384 e. The second-order valence-corrected chi connectivity index (χ2v) is 5.61. The molecule has 0 amide bonds. The zero-order valence-corrected chi connectivity index (χ0v) is 11.4. The highest BCUT2D eigenvalue weighted by atomic mass is 35.5. The van der Waals surface area contributed by atoms with Crippen LogP contribution in [0.3, 0.4) is 0 Å². The summed E-state index contributed by atoms with van der Waals surface area (Å²) in [6, 6.07) is 7.87. The van der Waals surface area contributed by atoms with E-state index < -0.39 is 0 Å². The molecule has 0 heterocycles. The first-order valence-corrected chi connectivity index (χ1v) is 6.71. The van der Waals surface area contributed by atoms with Gasteiger partial charge >= 0.3 is 0 Å². The molecule has 0 aromatic heterocycles. The molecule has 1 fully saturated rings. The maximum Gasteiger partial charge on any atom is 0.0407 e. The fourth-order valence-electron chi connectivity index (χ4n) is 2.10. The highest BCUT2D eigenvalue weighted by Crippen LogP contribution is 2.37. The van der Waals surface area contributed by atoms with Crippen molar-refractivity contribution in [3.05, 3.63) is 29.3 Å². The molecule has 2 nitrogen and oxygen atoms in total. The standard InChI is InChI=1S/C14H21ClN2/c1-11-9-12(11)10-17(2)8-7-16-14-5-3-13(15)4-6-14/h3-6,11-12,16H,7-10H2,1-2H3. The van der Waals surface area contributed by atoms with Crippen LogP contribution in [-0.2, 0) is 0 Å². The Morgan fingerprint density at radius 2 is 2.00 bits per heavy atom. The lowest BCUT2D eigenvalue weighted by molar-refractivity contribution is 0.326. The summed E-state index contributed by atoms with van der Waals surface area (Å²) in [5, 5.41) is 4.19. The molecule has 1 aliphatic carbocycles. The first kappa shape index (κ1) is 12.7. The third-order valence-electron chi connectivity index (χ3n) is 3.49. The Balaban J connectivity index is 1.63. The molecule has 1 N–H and O–H groups in total. The average molecular weight is 253 g/mol. The van der Waals surface area contributed by atoms with Crippen LogP contribution in [0.15, 0.2) is 24.3 Å². The van der Waals surface area contributed by atoms with Gasteiger partial charge in [-0.15, -0.1) is 0 Å². The fourth-order valence-corrected chi connectivity index (χ4v) is 2.23. The SMILES string of the molecule is CC1CC1CN(C)CCNc1ccc(Cl)cc1. The second kappa shape index (κ2) is 5.74. The number of hydrogen-bond donors (Lipinski definition) is 1. The topological polar surface area (TPSA) is 15.3 Å². The van der Waals surface area contributed by atoms with E-state index in [1.165, 1.54) is 13.0 Å². The fraction of sp³-hybridized carbons (Fsp3) is 0.571. The molecular formula is C14H21ClN2. The van der Waals surface area contributed by atoms with Crippen LogP contribution in [0.5, 0.6) is 0 Å². The molecule has 1 aromatic rings. The Labute approximate surface area is 109 Å². The molecular weight excluding hydrogens is 232 g/mol. The molecule has 2 atom stereocenters. The van der Waals surface area contributed by atoms with Crippen molar-refractivity contribution >= 4 is 17.3 Å². The normalized spacial score (nSPS) is 22.8. The van der Waals surface area contributed by atoms with Crippen LogP contribution in [0.4, 0.5) is 5.69 Å². The minimum atomic E-state index is 0.787. The van der Waals surface area contributed by atoms with Crippen molar-refractivity contribution in [2.75, 3.05) is 32.0 Å². The van der Waals surface area contributed by atoms with Crippen molar-refractivity contribution in [3.8, 4) is 0 Å². The number of benzene rings is 1. The summed E-state index contributed by atoms with van der Waals surface area (Å²) in [6.07, 6.45) is 1.41. The number of anilines is 1. The molecule has 2 unspecified atom stereocenters. The molecule has 1 saturated carbocycles. The van der Waals surface area contributed by atoms with Gasteiger partial charge in [0.15, 0.2) is 0 Å². The lowest BCUT2D eigenvalue weighted by atomic mass is 10.3. The van der Waals surface area contributed by atoms with Crippen molar-refractivity contribution in [3.63, 3.8) is 0 Å². The van der Waals surface area contributed by atoms with Crippen LogP contribution in [0.2, 0.25) is 5.02 Å². The molecule has 3 heteroatoms. The number of nitrogens with zero attached hydrogens (tertiary/aromatic N) is 1. The van der Waals surface area contributed by atoms with E-state index in [-0.39, 0.29) is 0 Å². The Kier molecular flexibility index (Phi) is 4.30. The lowest BCUT2D eigenvalue weighted by Gasteiger charge is -2.17. The Morgan fingerprint density at radius 3 is 2.59 bits per heavy atom. The van der Waals surface area contributed by atoms with E-state index in [1.54, 1.807) is 0 Å². The van der Waals surface area contributed by atoms with Crippen LogP contribution in [0.25, 0.3) is 0 Å². The maximum absolute atomic E-state index is 5.84. The number of hydrogen-bond acceptors (Lipinski definition) is 2. The molecule has 0 bridgehead atoms. The van der Waals surface area contributed by atoms with E-state index in [1.807, 2.05) is 24.3 Å². The van der Waals surface area contributed by atoms with E-state index in [9.17, 15) is 0 Å². The van der Waals surface area contributed by atoms with E-state index in [0.29, 0.717) is 0 Å². The molecule has 2 rings (SSSR count). The number of nitrogens with one attached hydrogen (secondary N) is 1. The summed E-state index contributed by atoms with van der Waals surface area (Å²) in [7, 11) is 2.20. The van der Waals surface area contributed by atoms with Gasteiger partial charge in [0, 0.05) is 30.3 Å². The number of rotatable bonds is 6. The van der Waals surface area contributed by atoms with Gasteiger partial charge in [-0.3, -0.25) is 0 Å². The number of halogens is 1. The second-order valence-electron chi connectivity index (χ2n) is 5.17. The van der Waals surface area contributed by atoms with Gasteiger partial charge < -0.3 is 10.2 Å². The highest BCUT2D eigenvalue weighted by molar-refractivity contribution is 6.30. The molecule has 17 heavy (non-hydrogen) atoms. The third-order valence-corrected chi connectivity index (χ3v) is 3.74. The van der Waals surface area contributed by atoms with Crippen molar-refractivity contribution in [1.82, 2.24) is 4.90 Å². The monoisotopic (exact) mass is 252 g/mol. The van der Waals surface area contributed by atoms with Gasteiger partial charge in [-0.05, 0) is 49.6 Å². The third kappa shape index (κ3) is 4.21. The average Bonchev–Trinajstić information content (AvgIpc) is 2.97. The smallest absolute Gasteiger partial charge is 0.0407 e. The first-order valence-electron chi connectivity index (χ1n) is 6.33. The van der Waals surface area contributed by atoms with Crippen LogP contribution < -0.4 is 5.32 Å². The minimum absolute atomic E-state index is 0.787. The maximum atomic E-state index is 5.84. The van der Waals surface area contributed by atoms with Gasteiger partial charge in [0.05, 0.1) is 0 Å². The van der Waals surface area contributed by atoms with Crippen molar-refractivity contribution < 1.29 is 0 Å². The highest BCUT2D eigenvalue weighted by Gasteiger charge is 2.32. The number of likely N-dealkylation sites (N-methyl/N-ethyl adjacent to an activating group) is 1. The van der Waals surface area contributed by atoms with Gasteiger partial charge in [0.25, 0.3) is 0 Å². The van der Waals surface area contributed by atoms with Gasteiger partial charge in [-0.25, -0.2) is 0 Å². The Bertz CT molecular complexity index is 350. The Hall–Kier alpha value is -0.730. The molecule has 0 saturated heterocycles. The molecule has 0 spiro atoms. The van der Waals surface area contributed by atoms with Crippen LogP contribution in [-0.4, -0.2) is 31.6 Å². The lowest BCUT2D eigenvalue weighted by Crippen LogP contribution is -2.27. The van der Waals surface area contributed by atoms with E-state index in [2.05, 4.69) is 24.2 Å². The molecule has 1 aromatic carbocycles. The van der Waals surface area contributed by atoms with E-state index in [0.717, 1.165) is 35.6 Å². The van der Waals surface area contributed by atoms with Gasteiger partial charge in [0.1, 0.15) is 0 Å². The van der Waals surface area contributed by atoms with Crippen LogP contribution in [0, 0.1) is 11.8 Å². The molecule has 0 aliphatic heterocycles. The predicted molar refractivity (Wildman–Crippen MR) is 74.7 cm³/mol. The summed E-state index contributed by atoms with van der Waals surface area (Å²) in [6.45, 7) is 5.65. The van der Waals surface area contributed by atoms with Gasteiger partial charge in [-0.1, -0.05) is 18.5 Å². The summed E-state index contributed by atoms with van der Waals surface area (Å²) >= 11 is 5.84. The van der Waals surface area contributed by atoms with E-state index >= 15 is 0 Å². The van der Waals surface area contributed by atoms with Crippen molar-refractivity contribution in [2.24, 2.45) is 11.8 Å². The van der Waals surface area contributed by atoms with Crippen molar-refractivity contribution in [2.45, 2.75) is 13.3 Å². The largest absolute Gasteiger partial charge is 0.384 e. The molecule has 94 valence electrons. The summed E-state index contributed by atoms with van der Waals surface area (Å²) in [5.41, 5.74) is 1.14.